The SMILES string of the molecule is CC(C)(C)NC(=O)c1cn(COCC[Si](C)(C)C)c2nc(Cl)c(Br)nc12. The van der Waals surface area contributed by atoms with Crippen LogP contribution in [-0.2, 0) is 11.5 Å². The lowest BCUT2D eigenvalue weighted by Crippen LogP contribution is -2.40. The summed E-state index contributed by atoms with van der Waals surface area (Å²) in [4.78, 5) is 21.4. The minimum atomic E-state index is -1.16. The van der Waals surface area contributed by atoms with Crippen molar-refractivity contribution in [2.24, 2.45) is 0 Å². The average molecular weight is 462 g/mol. The van der Waals surface area contributed by atoms with Gasteiger partial charge in [0.25, 0.3) is 5.91 Å². The van der Waals surface area contributed by atoms with Crippen LogP contribution < -0.4 is 5.32 Å². The topological polar surface area (TPSA) is 69.0 Å². The van der Waals surface area contributed by atoms with Gasteiger partial charge in [0.2, 0.25) is 0 Å². The van der Waals surface area contributed by atoms with Crippen LogP contribution >= 0.6 is 27.5 Å². The quantitative estimate of drug-likeness (QED) is 0.500. The van der Waals surface area contributed by atoms with E-state index in [4.69, 9.17) is 16.3 Å². The van der Waals surface area contributed by atoms with Gasteiger partial charge in [0.15, 0.2) is 10.8 Å². The third-order valence-corrected chi connectivity index (χ3v) is 6.32. The number of amides is 1. The summed E-state index contributed by atoms with van der Waals surface area (Å²) in [6.45, 7) is 13.7. The van der Waals surface area contributed by atoms with Crippen LogP contribution in [0.25, 0.3) is 11.2 Å². The Morgan fingerprint density at radius 1 is 1.35 bits per heavy atom. The fourth-order valence-electron chi connectivity index (χ4n) is 2.26. The van der Waals surface area contributed by atoms with Crippen LogP contribution in [-0.4, -0.2) is 40.7 Å². The van der Waals surface area contributed by atoms with Crippen molar-refractivity contribution < 1.29 is 9.53 Å². The molecule has 2 rings (SSSR count). The van der Waals surface area contributed by atoms with E-state index in [1.165, 1.54) is 0 Å². The zero-order valence-corrected chi connectivity index (χ0v) is 19.5. The summed E-state index contributed by atoms with van der Waals surface area (Å²) in [6, 6.07) is 1.07. The number of rotatable bonds is 6. The first-order valence-electron chi connectivity index (χ1n) is 8.49. The zero-order valence-electron chi connectivity index (χ0n) is 16.1. The van der Waals surface area contributed by atoms with Crippen molar-refractivity contribution in [1.29, 1.82) is 0 Å². The second-order valence-corrected chi connectivity index (χ2v) is 15.3. The molecule has 1 amide bonds. The average Bonchev–Trinajstić information content (AvgIpc) is 2.79. The van der Waals surface area contributed by atoms with E-state index in [9.17, 15) is 4.79 Å². The monoisotopic (exact) mass is 460 g/mol. The standard InChI is InChI=1S/C17H26BrClN4O2Si/c1-17(2,3)22-16(24)11-9-23(10-25-7-8-26(4,5)6)15-12(11)20-13(18)14(19)21-15/h9H,7-8,10H2,1-6H3,(H,22,24). The Morgan fingerprint density at radius 3 is 2.58 bits per heavy atom. The highest BCUT2D eigenvalue weighted by Gasteiger charge is 2.23. The fraction of sp³-hybridized carbons (Fsp3) is 0.588. The first-order chi connectivity index (χ1) is 11.9. The molecule has 0 aromatic carbocycles. The van der Waals surface area contributed by atoms with Crippen LogP contribution in [0, 0.1) is 0 Å². The minimum absolute atomic E-state index is 0.202. The molecule has 0 bridgehead atoms. The summed E-state index contributed by atoms with van der Waals surface area (Å²) in [7, 11) is -1.16. The molecule has 1 N–H and O–H groups in total. The van der Waals surface area contributed by atoms with Gasteiger partial charge in [0.1, 0.15) is 16.9 Å². The van der Waals surface area contributed by atoms with Crippen molar-refractivity contribution in [3.63, 3.8) is 0 Å². The molecule has 0 aliphatic rings. The van der Waals surface area contributed by atoms with E-state index in [1.807, 2.05) is 20.8 Å². The van der Waals surface area contributed by atoms with Crippen molar-refractivity contribution in [2.75, 3.05) is 6.61 Å². The molecule has 144 valence electrons. The summed E-state index contributed by atoms with van der Waals surface area (Å²) in [5.74, 6) is -0.202. The van der Waals surface area contributed by atoms with Crippen molar-refractivity contribution in [3.8, 4) is 0 Å². The lowest BCUT2D eigenvalue weighted by molar-refractivity contribution is 0.0886. The van der Waals surface area contributed by atoms with E-state index in [2.05, 4.69) is 50.9 Å². The van der Waals surface area contributed by atoms with E-state index in [-0.39, 0.29) is 16.6 Å². The highest BCUT2D eigenvalue weighted by atomic mass is 79.9. The van der Waals surface area contributed by atoms with Gasteiger partial charge in [0.05, 0.1) is 5.56 Å². The van der Waals surface area contributed by atoms with Crippen molar-refractivity contribution in [2.45, 2.75) is 58.7 Å². The highest BCUT2D eigenvalue weighted by molar-refractivity contribution is 9.10. The van der Waals surface area contributed by atoms with Gasteiger partial charge in [-0.2, -0.15) is 0 Å². The van der Waals surface area contributed by atoms with Crippen LogP contribution in [0.15, 0.2) is 10.8 Å². The summed E-state index contributed by atoms with van der Waals surface area (Å²) in [5, 5.41) is 3.21. The third kappa shape index (κ3) is 5.77. The Kier molecular flexibility index (Phi) is 6.53. The molecular formula is C17H26BrClN4O2Si. The van der Waals surface area contributed by atoms with Gasteiger partial charge >= 0.3 is 0 Å². The molecule has 0 saturated heterocycles. The number of carbonyl (C=O) groups excluding carboxylic acids is 1. The Morgan fingerprint density at radius 2 is 2.00 bits per heavy atom. The van der Waals surface area contributed by atoms with Gasteiger partial charge in [0, 0.05) is 26.4 Å². The maximum Gasteiger partial charge on any atom is 0.255 e. The van der Waals surface area contributed by atoms with Gasteiger partial charge in [-0.3, -0.25) is 4.79 Å². The second kappa shape index (κ2) is 7.96. The van der Waals surface area contributed by atoms with Gasteiger partial charge in [-0.1, -0.05) is 31.2 Å². The second-order valence-electron chi connectivity index (χ2n) is 8.54. The molecule has 0 fully saturated rings. The number of aromatic nitrogens is 3. The van der Waals surface area contributed by atoms with Crippen LogP contribution in [0.4, 0.5) is 0 Å². The van der Waals surface area contributed by atoms with Crippen LogP contribution in [0.5, 0.6) is 0 Å². The van der Waals surface area contributed by atoms with Gasteiger partial charge in [-0.25, -0.2) is 9.97 Å². The number of hydrogen-bond donors (Lipinski definition) is 1. The molecule has 0 unspecified atom stereocenters. The van der Waals surface area contributed by atoms with Gasteiger partial charge in [-0.15, -0.1) is 0 Å². The predicted octanol–water partition coefficient (Wildman–Crippen LogP) is 4.69. The Hall–Kier alpha value is -0.963. The largest absolute Gasteiger partial charge is 0.361 e. The molecule has 2 aromatic heterocycles. The summed E-state index contributed by atoms with van der Waals surface area (Å²) < 4.78 is 8.00. The van der Waals surface area contributed by atoms with E-state index < -0.39 is 8.07 Å². The summed E-state index contributed by atoms with van der Waals surface area (Å²) in [5.41, 5.74) is 1.13. The fourth-order valence-corrected chi connectivity index (χ4v) is 3.40. The zero-order chi connectivity index (χ0) is 19.7. The van der Waals surface area contributed by atoms with E-state index in [0.29, 0.717) is 34.7 Å². The van der Waals surface area contributed by atoms with Crippen LogP contribution in [0.3, 0.4) is 0 Å². The maximum absolute atomic E-state index is 12.7. The molecule has 2 heterocycles. The molecule has 0 saturated carbocycles. The smallest absolute Gasteiger partial charge is 0.255 e. The van der Waals surface area contributed by atoms with Crippen molar-refractivity contribution in [3.05, 3.63) is 21.5 Å². The van der Waals surface area contributed by atoms with E-state index >= 15 is 0 Å². The summed E-state index contributed by atoms with van der Waals surface area (Å²) >= 11 is 9.39. The first kappa shape index (κ1) is 21.3. The first-order valence-corrected chi connectivity index (χ1v) is 13.4. The van der Waals surface area contributed by atoms with Gasteiger partial charge < -0.3 is 14.6 Å². The molecule has 26 heavy (non-hydrogen) atoms. The number of ether oxygens (including phenoxy) is 1. The molecule has 9 heteroatoms. The lowest BCUT2D eigenvalue weighted by Gasteiger charge is -2.20. The third-order valence-electron chi connectivity index (χ3n) is 3.57. The molecule has 0 radical (unpaired) electrons. The molecular weight excluding hydrogens is 436 g/mol. The molecule has 0 aliphatic carbocycles. The number of nitrogens with one attached hydrogen (secondary N) is 1. The molecule has 0 spiro atoms. The van der Waals surface area contributed by atoms with Crippen molar-refractivity contribution >= 4 is 52.7 Å². The Balaban J connectivity index is 2.32. The molecule has 0 aliphatic heterocycles. The summed E-state index contributed by atoms with van der Waals surface area (Å²) in [6.07, 6.45) is 1.73. The van der Waals surface area contributed by atoms with Crippen LogP contribution in [0.2, 0.25) is 30.8 Å². The Bertz CT molecular complexity index is 812. The van der Waals surface area contributed by atoms with Crippen LogP contribution in [0.1, 0.15) is 31.1 Å². The minimum Gasteiger partial charge on any atom is -0.361 e. The number of halogens is 2. The molecule has 2 aromatic rings. The predicted molar refractivity (Wildman–Crippen MR) is 112 cm³/mol. The molecule has 6 nitrogen and oxygen atoms in total. The normalized spacial score (nSPS) is 12.6. The van der Waals surface area contributed by atoms with Gasteiger partial charge in [-0.05, 0) is 42.7 Å². The number of hydrogen-bond acceptors (Lipinski definition) is 4. The Labute approximate surface area is 168 Å². The lowest BCUT2D eigenvalue weighted by atomic mass is 10.1. The van der Waals surface area contributed by atoms with E-state index in [0.717, 1.165) is 6.04 Å². The van der Waals surface area contributed by atoms with Crippen molar-refractivity contribution in [1.82, 2.24) is 19.9 Å². The van der Waals surface area contributed by atoms with E-state index in [1.54, 1.807) is 10.8 Å². The number of nitrogens with zero attached hydrogens (tertiary/aromatic N) is 3. The maximum atomic E-state index is 12.7. The number of fused-ring (bicyclic) bond motifs is 1. The molecule has 0 atom stereocenters. The highest BCUT2D eigenvalue weighted by Crippen LogP contribution is 2.25. The number of carbonyl (C=O) groups is 1.